The van der Waals surface area contributed by atoms with Gasteiger partial charge in [0.25, 0.3) is 5.91 Å². The van der Waals surface area contributed by atoms with E-state index >= 15 is 0 Å². The first-order valence-electron chi connectivity index (χ1n) is 8.60. The van der Waals surface area contributed by atoms with Crippen molar-refractivity contribution in [1.82, 2.24) is 20.5 Å². The van der Waals surface area contributed by atoms with Gasteiger partial charge in [0.1, 0.15) is 23.3 Å². The van der Waals surface area contributed by atoms with Gasteiger partial charge in [0.15, 0.2) is 0 Å². The number of carbonyl (C=O) groups excluding carboxylic acids is 3. The average Bonchev–Trinajstić information content (AvgIpc) is 3.01. The molecule has 1 atom stereocenters. The lowest BCUT2D eigenvalue weighted by Gasteiger charge is -2.20. The number of benzene rings is 1. The Morgan fingerprint density at radius 3 is 2.97 bits per heavy atom. The summed E-state index contributed by atoms with van der Waals surface area (Å²) in [7, 11) is 1.51. The first-order chi connectivity index (χ1) is 14.0. The number of hydrogen-bond donors (Lipinski definition) is 2. The monoisotopic (exact) mass is 396 g/mol. The minimum atomic E-state index is -0.819. The molecule has 1 aromatic carbocycles. The Hall–Kier alpha value is -3.93. The number of pyridine rings is 1. The Bertz CT molecular complexity index is 1020. The van der Waals surface area contributed by atoms with Gasteiger partial charge in [-0.2, -0.15) is 0 Å². The summed E-state index contributed by atoms with van der Waals surface area (Å²) in [5, 5.41) is 4.46. The van der Waals surface area contributed by atoms with Crippen molar-refractivity contribution >= 4 is 18.3 Å². The lowest BCUT2D eigenvalue weighted by Crippen LogP contribution is -2.46. The van der Waals surface area contributed by atoms with E-state index in [0.29, 0.717) is 17.9 Å². The van der Waals surface area contributed by atoms with Crippen LogP contribution in [0, 0.1) is 17.7 Å². The average molecular weight is 396 g/mol. The fraction of sp³-hybridized carbons (Fsp3) is 0.200. The maximum atomic E-state index is 13.3. The number of fused-ring (bicyclic) bond motifs is 1. The molecule has 3 rings (SSSR count). The number of methoxy groups -OCH3 is 1. The fourth-order valence-corrected chi connectivity index (χ4v) is 2.85. The van der Waals surface area contributed by atoms with Crippen LogP contribution in [0.15, 0.2) is 36.5 Å². The highest BCUT2D eigenvalue weighted by molar-refractivity contribution is 5.98. The van der Waals surface area contributed by atoms with Crippen molar-refractivity contribution in [2.75, 3.05) is 13.7 Å². The van der Waals surface area contributed by atoms with E-state index in [2.05, 4.69) is 22.1 Å². The molecular weight excluding hydrogens is 379 g/mol. The summed E-state index contributed by atoms with van der Waals surface area (Å²) in [5.74, 6) is 5.28. The molecule has 4 amide bonds. The van der Waals surface area contributed by atoms with Crippen LogP contribution in [0.25, 0.3) is 0 Å². The molecular formula is C20H17FN4O4. The molecule has 0 unspecified atom stereocenters. The quantitative estimate of drug-likeness (QED) is 0.582. The SMILES string of the molecule is COc1ccc2c(c1)C(=O)N(C[C@@H](C#Cc1cc(F)ccn1)NC(=O)NC=O)C2. The molecule has 148 valence electrons. The third kappa shape index (κ3) is 4.87. The van der Waals surface area contributed by atoms with E-state index in [1.54, 1.807) is 18.2 Å². The summed E-state index contributed by atoms with van der Waals surface area (Å²) < 4.78 is 18.5. The molecule has 1 aromatic heterocycles. The molecule has 9 heteroatoms. The maximum absolute atomic E-state index is 13.3. The Morgan fingerprint density at radius 2 is 2.24 bits per heavy atom. The zero-order chi connectivity index (χ0) is 20.8. The normalized spacial score (nSPS) is 13.0. The largest absolute Gasteiger partial charge is 0.497 e. The summed E-state index contributed by atoms with van der Waals surface area (Å²) in [6, 6.07) is 5.97. The molecule has 0 fully saturated rings. The van der Waals surface area contributed by atoms with Crippen molar-refractivity contribution in [1.29, 1.82) is 0 Å². The van der Waals surface area contributed by atoms with Crippen molar-refractivity contribution in [3.05, 3.63) is 59.2 Å². The van der Waals surface area contributed by atoms with Gasteiger partial charge in [-0.05, 0) is 29.7 Å². The number of urea groups is 1. The number of halogens is 1. The molecule has 0 radical (unpaired) electrons. The second kappa shape index (κ2) is 8.84. The molecule has 0 bridgehead atoms. The van der Waals surface area contributed by atoms with Crippen LogP contribution in [0.1, 0.15) is 21.6 Å². The van der Waals surface area contributed by atoms with Gasteiger partial charge in [0.2, 0.25) is 6.41 Å². The van der Waals surface area contributed by atoms with Crippen molar-refractivity contribution < 1.29 is 23.5 Å². The summed E-state index contributed by atoms with van der Waals surface area (Å²) in [6.45, 7) is 0.399. The number of carbonyl (C=O) groups is 3. The summed E-state index contributed by atoms with van der Waals surface area (Å²) in [6.07, 6.45) is 1.51. The number of imide groups is 1. The van der Waals surface area contributed by atoms with E-state index in [1.807, 2.05) is 5.32 Å². The van der Waals surface area contributed by atoms with Gasteiger partial charge in [-0.3, -0.25) is 14.9 Å². The van der Waals surface area contributed by atoms with Gasteiger partial charge in [-0.25, -0.2) is 14.2 Å². The van der Waals surface area contributed by atoms with Crippen LogP contribution in [0.2, 0.25) is 0 Å². The Morgan fingerprint density at radius 1 is 1.41 bits per heavy atom. The highest BCUT2D eigenvalue weighted by Crippen LogP contribution is 2.26. The lowest BCUT2D eigenvalue weighted by molar-refractivity contribution is -0.108. The zero-order valence-electron chi connectivity index (χ0n) is 15.4. The van der Waals surface area contributed by atoms with Gasteiger partial charge in [0.05, 0.1) is 13.7 Å². The molecule has 8 nitrogen and oxygen atoms in total. The molecule has 29 heavy (non-hydrogen) atoms. The number of amides is 4. The number of nitrogens with zero attached hydrogens (tertiary/aromatic N) is 2. The molecule has 2 heterocycles. The van der Waals surface area contributed by atoms with Gasteiger partial charge in [-0.1, -0.05) is 12.0 Å². The third-order valence-electron chi connectivity index (χ3n) is 4.19. The van der Waals surface area contributed by atoms with Gasteiger partial charge >= 0.3 is 6.03 Å². The van der Waals surface area contributed by atoms with Crippen LogP contribution in [-0.2, 0) is 11.3 Å². The van der Waals surface area contributed by atoms with Crippen LogP contribution in [-0.4, -0.2) is 47.9 Å². The molecule has 0 saturated heterocycles. The molecule has 1 aliphatic heterocycles. The van der Waals surface area contributed by atoms with Gasteiger partial charge in [0, 0.05) is 24.4 Å². The molecule has 0 aliphatic carbocycles. The molecule has 1 aliphatic rings. The van der Waals surface area contributed by atoms with Gasteiger partial charge < -0.3 is 15.0 Å². The van der Waals surface area contributed by atoms with Crippen molar-refractivity contribution in [3.63, 3.8) is 0 Å². The lowest BCUT2D eigenvalue weighted by atomic mass is 10.1. The van der Waals surface area contributed by atoms with E-state index < -0.39 is 17.9 Å². The first kappa shape index (κ1) is 19.8. The number of aromatic nitrogens is 1. The number of nitrogens with one attached hydrogen (secondary N) is 2. The maximum Gasteiger partial charge on any atom is 0.322 e. The van der Waals surface area contributed by atoms with E-state index in [1.165, 1.54) is 24.3 Å². The molecule has 0 saturated carbocycles. The molecule has 2 N–H and O–H groups in total. The smallest absolute Gasteiger partial charge is 0.322 e. The first-order valence-corrected chi connectivity index (χ1v) is 8.60. The van der Waals surface area contributed by atoms with E-state index in [-0.39, 0.29) is 24.6 Å². The topological polar surface area (TPSA) is 101 Å². The Kier molecular flexibility index (Phi) is 6.04. The standard InChI is InChI=1S/C20H17FN4O4/c1-29-17-5-2-13-10-25(19(27)18(13)9-17)11-16(24-20(28)23-12-26)4-3-15-8-14(21)6-7-22-15/h2,5-9,12,16H,10-11H2,1H3,(H2,23,24,26,28)/t16-/m1/s1. The summed E-state index contributed by atoms with van der Waals surface area (Å²) in [5.41, 5.74) is 1.51. The molecule has 2 aromatic rings. The van der Waals surface area contributed by atoms with Gasteiger partial charge in [-0.15, -0.1) is 0 Å². The highest BCUT2D eigenvalue weighted by atomic mass is 19.1. The third-order valence-corrected chi connectivity index (χ3v) is 4.19. The zero-order valence-corrected chi connectivity index (χ0v) is 15.4. The minimum absolute atomic E-state index is 0.0599. The number of hydrogen-bond acceptors (Lipinski definition) is 5. The van der Waals surface area contributed by atoms with E-state index in [9.17, 15) is 18.8 Å². The second-order valence-corrected chi connectivity index (χ2v) is 6.13. The van der Waals surface area contributed by atoms with Crippen LogP contribution in [0.4, 0.5) is 9.18 Å². The minimum Gasteiger partial charge on any atom is -0.497 e. The predicted octanol–water partition coefficient (Wildman–Crippen LogP) is 1.06. The van der Waals surface area contributed by atoms with Crippen LogP contribution < -0.4 is 15.4 Å². The van der Waals surface area contributed by atoms with E-state index in [0.717, 1.165) is 11.6 Å². The van der Waals surface area contributed by atoms with Crippen molar-refractivity contribution in [2.24, 2.45) is 0 Å². The molecule has 0 spiro atoms. The number of ether oxygens (including phenoxy) is 1. The Balaban J connectivity index is 1.79. The number of rotatable bonds is 5. The fourth-order valence-electron chi connectivity index (χ4n) is 2.85. The second-order valence-electron chi connectivity index (χ2n) is 6.13. The van der Waals surface area contributed by atoms with Crippen molar-refractivity contribution in [3.8, 4) is 17.6 Å². The Labute approximate surface area is 166 Å². The van der Waals surface area contributed by atoms with Crippen LogP contribution >= 0.6 is 0 Å². The van der Waals surface area contributed by atoms with Crippen LogP contribution in [0.5, 0.6) is 5.75 Å². The summed E-state index contributed by atoms with van der Waals surface area (Å²) >= 11 is 0. The van der Waals surface area contributed by atoms with Crippen molar-refractivity contribution in [2.45, 2.75) is 12.6 Å². The van der Waals surface area contributed by atoms with E-state index in [4.69, 9.17) is 4.74 Å². The summed E-state index contributed by atoms with van der Waals surface area (Å²) in [4.78, 5) is 40.4. The highest BCUT2D eigenvalue weighted by Gasteiger charge is 2.29. The van der Waals surface area contributed by atoms with Crippen LogP contribution in [0.3, 0.4) is 0 Å². The predicted molar refractivity (Wildman–Crippen MR) is 100 cm³/mol.